The Bertz CT molecular complexity index is 433. The van der Waals surface area contributed by atoms with Crippen molar-refractivity contribution in [3.63, 3.8) is 0 Å². The van der Waals surface area contributed by atoms with Crippen LogP contribution < -0.4 is 0 Å². The third kappa shape index (κ3) is 1.55. The molecular weight excluding hydrogens is 190 g/mol. The first kappa shape index (κ1) is 8.29. The van der Waals surface area contributed by atoms with Crippen molar-refractivity contribution in [3.8, 4) is 0 Å². The fourth-order valence-corrected chi connectivity index (χ4v) is 0.913. The summed E-state index contributed by atoms with van der Waals surface area (Å²) in [5.74, 6) is 0.479. The van der Waals surface area contributed by atoms with Crippen LogP contribution in [0.5, 0.6) is 0 Å². The van der Waals surface area contributed by atoms with E-state index in [1.165, 1.54) is 6.33 Å². The lowest BCUT2D eigenvalue weighted by atomic mass is 10.4. The van der Waals surface area contributed by atoms with Crippen molar-refractivity contribution in [1.29, 1.82) is 0 Å². The Morgan fingerprint density at radius 1 is 1.50 bits per heavy atom. The lowest BCUT2D eigenvalue weighted by molar-refractivity contribution is -0.394. The molecule has 2 heterocycles. The van der Waals surface area contributed by atoms with Crippen molar-refractivity contribution < 1.29 is 4.92 Å². The van der Waals surface area contributed by atoms with Gasteiger partial charge in [-0.05, 0) is 9.91 Å². The minimum atomic E-state index is -0.642. The van der Waals surface area contributed by atoms with E-state index in [0.29, 0.717) is 11.6 Å². The zero-order valence-electron chi connectivity index (χ0n) is 6.84. The number of nitrogens with zero attached hydrogens (tertiary/aromatic N) is 5. The summed E-state index contributed by atoms with van der Waals surface area (Å²) in [6.07, 6.45) is 1.63. The van der Waals surface area contributed by atoms with Gasteiger partial charge >= 0.3 is 5.95 Å². The molecule has 0 atom stereocenters. The van der Waals surface area contributed by atoms with Gasteiger partial charge in [0.05, 0.1) is 6.42 Å². The third-order valence-electron chi connectivity index (χ3n) is 1.48. The fourth-order valence-electron chi connectivity index (χ4n) is 0.913. The van der Waals surface area contributed by atoms with E-state index in [1.807, 2.05) is 0 Å². The van der Waals surface area contributed by atoms with Crippen molar-refractivity contribution in [3.05, 3.63) is 28.1 Å². The highest BCUT2D eigenvalue weighted by Crippen LogP contribution is 2.03. The van der Waals surface area contributed by atoms with Crippen molar-refractivity contribution in [2.45, 2.75) is 6.42 Å². The van der Waals surface area contributed by atoms with Crippen LogP contribution in [0.1, 0.15) is 11.6 Å². The van der Waals surface area contributed by atoms with Gasteiger partial charge in [0, 0.05) is 0 Å². The molecule has 0 saturated carbocycles. The molecule has 2 N–H and O–H groups in total. The van der Waals surface area contributed by atoms with E-state index in [-0.39, 0.29) is 12.4 Å². The molecule has 9 heteroatoms. The van der Waals surface area contributed by atoms with E-state index in [2.05, 4.69) is 30.4 Å². The fraction of sp³-hybridized carbons (Fsp3) is 0.200. The van der Waals surface area contributed by atoms with Gasteiger partial charge in [-0.2, -0.15) is 5.10 Å². The number of rotatable bonds is 3. The summed E-state index contributed by atoms with van der Waals surface area (Å²) in [4.78, 5) is 17.1. The van der Waals surface area contributed by atoms with Crippen molar-refractivity contribution in [2.24, 2.45) is 0 Å². The summed E-state index contributed by atoms with van der Waals surface area (Å²) < 4.78 is 0. The van der Waals surface area contributed by atoms with E-state index >= 15 is 0 Å². The standard InChI is InChI=1S/C5H5N7O2/c13-12(14)5-8-4(10-11-5)1-3-6-2-7-9-3/h2H,1H2,(H,6,7,9)(H,8,10,11). The average Bonchev–Trinajstić information content (AvgIpc) is 2.75. The van der Waals surface area contributed by atoms with Crippen LogP contribution in [-0.2, 0) is 6.42 Å². The summed E-state index contributed by atoms with van der Waals surface area (Å²) in [5, 5.41) is 22.3. The molecule has 0 aliphatic heterocycles. The Kier molecular flexibility index (Phi) is 1.89. The summed E-state index contributed by atoms with van der Waals surface area (Å²) in [6.45, 7) is 0. The number of aromatic nitrogens is 6. The molecule has 0 fully saturated rings. The highest BCUT2D eigenvalue weighted by molar-refractivity contribution is 5.06. The molecule has 0 aromatic carbocycles. The van der Waals surface area contributed by atoms with Crippen LogP contribution in [-0.4, -0.2) is 35.3 Å². The van der Waals surface area contributed by atoms with E-state index < -0.39 is 4.92 Å². The molecule has 9 nitrogen and oxygen atoms in total. The second kappa shape index (κ2) is 3.20. The monoisotopic (exact) mass is 195 g/mol. The van der Waals surface area contributed by atoms with Crippen molar-refractivity contribution >= 4 is 5.95 Å². The van der Waals surface area contributed by atoms with Gasteiger partial charge in [0.25, 0.3) is 0 Å². The van der Waals surface area contributed by atoms with Crippen LogP contribution in [0, 0.1) is 10.1 Å². The molecule has 0 radical (unpaired) electrons. The number of nitro groups is 1. The first-order valence-corrected chi connectivity index (χ1v) is 3.65. The lowest BCUT2D eigenvalue weighted by Crippen LogP contribution is -1.94. The number of H-pyrrole nitrogens is 2. The van der Waals surface area contributed by atoms with Crippen LogP contribution in [0.3, 0.4) is 0 Å². The maximum Gasteiger partial charge on any atom is 0.453 e. The highest BCUT2D eigenvalue weighted by Gasteiger charge is 2.14. The Labute approximate surface area is 76.7 Å². The molecule has 0 unspecified atom stereocenters. The number of aromatic amines is 2. The largest absolute Gasteiger partial charge is 0.453 e. The molecule has 0 bridgehead atoms. The molecule has 2 aromatic heterocycles. The van der Waals surface area contributed by atoms with Crippen LogP contribution >= 0.6 is 0 Å². The molecule has 0 aliphatic carbocycles. The first-order valence-electron chi connectivity index (χ1n) is 3.65. The maximum absolute atomic E-state index is 10.3. The normalized spacial score (nSPS) is 10.3. The van der Waals surface area contributed by atoms with Crippen LogP contribution in [0.2, 0.25) is 0 Å². The van der Waals surface area contributed by atoms with Gasteiger partial charge in [0.1, 0.15) is 12.2 Å². The van der Waals surface area contributed by atoms with Gasteiger partial charge in [-0.3, -0.25) is 5.10 Å². The Morgan fingerprint density at radius 3 is 2.93 bits per heavy atom. The number of nitrogens with one attached hydrogen (secondary N) is 2. The van der Waals surface area contributed by atoms with Gasteiger partial charge in [-0.15, -0.1) is 5.10 Å². The summed E-state index contributed by atoms with van der Waals surface area (Å²) in [6, 6.07) is 0. The summed E-state index contributed by atoms with van der Waals surface area (Å²) >= 11 is 0. The van der Waals surface area contributed by atoms with Crippen LogP contribution in [0.4, 0.5) is 5.95 Å². The third-order valence-corrected chi connectivity index (χ3v) is 1.48. The maximum atomic E-state index is 10.3. The van der Waals surface area contributed by atoms with E-state index in [1.54, 1.807) is 0 Å². The van der Waals surface area contributed by atoms with E-state index in [4.69, 9.17) is 0 Å². The molecule has 0 amide bonds. The SMILES string of the molecule is O=[N+]([O-])c1nc(Cc2ncn[nH]2)n[nH]1. The van der Waals surface area contributed by atoms with E-state index in [9.17, 15) is 10.1 Å². The lowest BCUT2D eigenvalue weighted by Gasteiger charge is -1.84. The van der Waals surface area contributed by atoms with Crippen molar-refractivity contribution in [1.82, 2.24) is 30.4 Å². The minimum absolute atomic E-state index is 0.282. The number of hydrogen-bond acceptors (Lipinski definition) is 6. The molecule has 14 heavy (non-hydrogen) atoms. The minimum Gasteiger partial charge on any atom is -0.390 e. The van der Waals surface area contributed by atoms with Gasteiger partial charge in [-0.25, -0.2) is 4.98 Å². The van der Waals surface area contributed by atoms with Gasteiger partial charge < -0.3 is 10.1 Å². The Balaban J connectivity index is 2.14. The topological polar surface area (TPSA) is 126 Å². The molecule has 0 spiro atoms. The predicted molar refractivity (Wildman–Crippen MR) is 42.2 cm³/mol. The van der Waals surface area contributed by atoms with Crippen LogP contribution in [0.25, 0.3) is 0 Å². The zero-order chi connectivity index (χ0) is 9.97. The second-order valence-corrected chi connectivity index (χ2v) is 2.44. The Hall–Kier alpha value is -2.32. The van der Waals surface area contributed by atoms with Crippen LogP contribution in [0.15, 0.2) is 6.33 Å². The molecule has 2 aromatic rings. The van der Waals surface area contributed by atoms with Crippen molar-refractivity contribution in [2.75, 3.05) is 0 Å². The molecule has 72 valence electrons. The summed E-state index contributed by atoms with van der Waals surface area (Å²) in [7, 11) is 0. The molecule has 0 aliphatic rings. The van der Waals surface area contributed by atoms with Gasteiger partial charge in [0.2, 0.25) is 5.82 Å². The summed E-state index contributed by atoms with van der Waals surface area (Å²) in [5.41, 5.74) is 0. The smallest absolute Gasteiger partial charge is 0.390 e. The molecule has 2 rings (SSSR count). The van der Waals surface area contributed by atoms with E-state index in [0.717, 1.165) is 0 Å². The van der Waals surface area contributed by atoms with Gasteiger partial charge in [-0.1, -0.05) is 5.10 Å². The predicted octanol–water partition coefficient (Wildman–Crippen LogP) is -0.578. The molecule has 0 saturated heterocycles. The second-order valence-electron chi connectivity index (χ2n) is 2.44. The average molecular weight is 195 g/mol. The number of hydrogen-bond donors (Lipinski definition) is 2. The van der Waals surface area contributed by atoms with Gasteiger partial charge in [0.15, 0.2) is 0 Å². The first-order chi connectivity index (χ1) is 6.75. The Morgan fingerprint density at radius 2 is 2.36 bits per heavy atom. The highest BCUT2D eigenvalue weighted by atomic mass is 16.6. The zero-order valence-corrected chi connectivity index (χ0v) is 6.84. The quantitative estimate of drug-likeness (QED) is 0.498. The molecular formula is C5H5N7O2.